The van der Waals surface area contributed by atoms with Gasteiger partial charge < -0.3 is 10.5 Å². The Balaban J connectivity index is 1.98. The smallest absolute Gasteiger partial charge is 0.261 e. The molecule has 0 saturated carbocycles. The number of hydrogen-bond donors (Lipinski definition) is 1. The summed E-state index contributed by atoms with van der Waals surface area (Å²) < 4.78 is 5.34. The van der Waals surface area contributed by atoms with E-state index in [0.717, 1.165) is 6.42 Å². The number of hydrogen-bond acceptors (Lipinski definition) is 4. The lowest BCUT2D eigenvalue weighted by atomic mass is 10.1. The van der Waals surface area contributed by atoms with Crippen LogP contribution in [0.25, 0.3) is 0 Å². The molecule has 1 aliphatic heterocycles. The first-order chi connectivity index (χ1) is 9.15. The van der Waals surface area contributed by atoms with E-state index in [9.17, 15) is 9.59 Å². The standard InChI is InChI=1S/C14H18N2O3/c1-2-7-19-8-3-6-16-13(17)11-5-4-10(15)9-12(11)14(16)18/h4-5,9H,2-3,6-8,15H2,1H3. The van der Waals surface area contributed by atoms with Gasteiger partial charge in [0.1, 0.15) is 0 Å². The van der Waals surface area contributed by atoms with E-state index in [2.05, 4.69) is 0 Å². The minimum absolute atomic E-state index is 0.240. The molecule has 2 amide bonds. The van der Waals surface area contributed by atoms with Crippen molar-refractivity contribution >= 4 is 17.5 Å². The molecule has 2 N–H and O–H groups in total. The first kappa shape index (κ1) is 13.5. The Hall–Kier alpha value is -1.88. The van der Waals surface area contributed by atoms with E-state index >= 15 is 0 Å². The maximum absolute atomic E-state index is 12.1. The molecule has 0 saturated heterocycles. The van der Waals surface area contributed by atoms with Gasteiger partial charge in [0.25, 0.3) is 11.8 Å². The second-order valence-electron chi connectivity index (χ2n) is 4.53. The number of anilines is 1. The van der Waals surface area contributed by atoms with Gasteiger partial charge in [-0.2, -0.15) is 0 Å². The molecule has 5 heteroatoms. The largest absolute Gasteiger partial charge is 0.399 e. The third-order valence-electron chi connectivity index (χ3n) is 3.01. The molecule has 2 rings (SSSR count). The topological polar surface area (TPSA) is 72.6 Å². The second-order valence-corrected chi connectivity index (χ2v) is 4.53. The number of nitrogen functional groups attached to an aromatic ring is 1. The van der Waals surface area contributed by atoms with Crippen molar-refractivity contribution in [3.05, 3.63) is 29.3 Å². The molecule has 0 aromatic heterocycles. The Morgan fingerprint density at radius 2 is 1.89 bits per heavy atom. The Kier molecular flexibility index (Phi) is 4.16. The van der Waals surface area contributed by atoms with Crippen molar-refractivity contribution in [3.63, 3.8) is 0 Å². The zero-order chi connectivity index (χ0) is 13.8. The number of nitrogens with zero attached hydrogens (tertiary/aromatic N) is 1. The van der Waals surface area contributed by atoms with Crippen LogP contribution in [0.4, 0.5) is 5.69 Å². The summed E-state index contributed by atoms with van der Waals surface area (Å²) in [4.78, 5) is 25.4. The summed E-state index contributed by atoms with van der Waals surface area (Å²) in [6, 6.07) is 4.81. The van der Waals surface area contributed by atoms with Gasteiger partial charge in [-0.3, -0.25) is 14.5 Å². The average Bonchev–Trinajstić information content (AvgIpc) is 2.63. The highest BCUT2D eigenvalue weighted by Gasteiger charge is 2.34. The molecule has 0 aliphatic carbocycles. The summed E-state index contributed by atoms with van der Waals surface area (Å²) in [6.07, 6.45) is 1.62. The van der Waals surface area contributed by atoms with Crippen molar-refractivity contribution in [1.29, 1.82) is 0 Å². The number of ether oxygens (including phenoxy) is 1. The van der Waals surface area contributed by atoms with Crippen molar-refractivity contribution in [2.45, 2.75) is 19.8 Å². The molecule has 0 unspecified atom stereocenters. The van der Waals surface area contributed by atoms with E-state index in [-0.39, 0.29) is 11.8 Å². The summed E-state index contributed by atoms with van der Waals surface area (Å²) in [5.74, 6) is -0.502. The minimum Gasteiger partial charge on any atom is -0.399 e. The summed E-state index contributed by atoms with van der Waals surface area (Å²) >= 11 is 0. The molecule has 1 aliphatic rings. The number of carbonyl (C=O) groups excluding carboxylic acids is 2. The van der Waals surface area contributed by atoms with Crippen molar-refractivity contribution in [1.82, 2.24) is 4.90 Å². The van der Waals surface area contributed by atoms with Gasteiger partial charge in [0.15, 0.2) is 0 Å². The lowest BCUT2D eigenvalue weighted by molar-refractivity contribution is 0.0626. The molecule has 102 valence electrons. The Morgan fingerprint density at radius 1 is 1.16 bits per heavy atom. The van der Waals surface area contributed by atoms with Gasteiger partial charge in [-0.05, 0) is 31.0 Å². The average molecular weight is 262 g/mol. The van der Waals surface area contributed by atoms with Crippen LogP contribution in [-0.4, -0.2) is 36.5 Å². The van der Waals surface area contributed by atoms with Crippen LogP contribution in [-0.2, 0) is 4.74 Å². The van der Waals surface area contributed by atoms with Gasteiger partial charge >= 0.3 is 0 Å². The van der Waals surface area contributed by atoms with Crippen molar-refractivity contribution in [2.24, 2.45) is 0 Å². The van der Waals surface area contributed by atoms with E-state index in [0.29, 0.717) is 43.0 Å². The van der Waals surface area contributed by atoms with Crippen LogP contribution in [0.2, 0.25) is 0 Å². The molecule has 0 spiro atoms. The molecular weight excluding hydrogens is 244 g/mol. The predicted octanol–water partition coefficient (Wildman–Crippen LogP) is 1.68. The van der Waals surface area contributed by atoms with Crippen molar-refractivity contribution in [3.8, 4) is 0 Å². The quantitative estimate of drug-likeness (QED) is 0.481. The zero-order valence-corrected chi connectivity index (χ0v) is 11.0. The van der Waals surface area contributed by atoms with Gasteiger partial charge in [-0.25, -0.2) is 0 Å². The number of amides is 2. The molecule has 0 atom stereocenters. The third-order valence-corrected chi connectivity index (χ3v) is 3.01. The van der Waals surface area contributed by atoms with Crippen LogP contribution < -0.4 is 5.73 Å². The fraction of sp³-hybridized carbons (Fsp3) is 0.429. The van der Waals surface area contributed by atoms with E-state index in [1.54, 1.807) is 18.2 Å². The third kappa shape index (κ3) is 2.76. The summed E-state index contributed by atoms with van der Waals surface area (Å²) in [5.41, 5.74) is 6.97. The molecule has 0 fully saturated rings. The van der Waals surface area contributed by atoms with Crippen LogP contribution in [0.5, 0.6) is 0 Å². The highest BCUT2D eigenvalue weighted by Crippen LogP contribution is 2.24. The molecule has 1 aromatic rings. The maximum atomic E-state index is 12.1. The highest BCUT2D eigenvalue weighted by molar-refractivity contribution is 6.21. The summed E-state index contributed by atoms with van der Waals surface area (Å²) in [7, 11) is 0. The lowest BCUT2D eigenvalue weighted by Gasteiger charge is -2.13. The van der Waals surface area contributed by atoms with Crippen molar-refractivity contribution in [2.75, 3.05) is 25.5 Å². The predicted molar refractivity (Wildman–Crippen MR) is 71.9 cm³/mol. The molecule has 1 aromatic carbocycles. The van der Waals surface area contributed by atoms with Crippen LogP contribution in [0.15, 0.2) is 18.2 Å². The number of imide groups is 1. The van der Waals surface area contributed by atoms with Crippen LogP contribution in [0, 0.1) is 0 Å². The van der Waals surface area contributed by atoms with Gasteiger partial charge in [0.05, 0.1) is 11.1 Å². The second kappa shape index (κ2) is 5.84. The van der Waals surface area contributed by atoms with Gasteiger partial charge in [-0.1, -0.05) is 6.92 Å². The number of nitrogens with two attached hydrogens (primary N) is 1. The molecule has 1 heterocycles. The highest BCUT2D eigenvalue weighted by atomic mass is 16.5. The number of fused-ring (bicyclic) bond motifs is 1. The maximum Gasteiger partial charge on any atom is 0.261 e. The molecule has 19 heavy (non-hydrogen) atoms. The fourth-order valence-corrected chi connectivity index (χ4v) is 2.08. The SMILES string of the molecule is CCCOCCCN1C(=O)c2ccc(N)cc2C1=O. The van der Waals surface area contributed by atoms with Crippen molar-refractivity contribution < 1.29 is 14.3 Å². The monoisotopic (exact) mass is 262 g/mol. The van der Waals surface area contributed by atoms with Crippen LogP contribution >= 0.6 is 0 Å². The van der Waals surface area contributed by atoms with Crippen LogP contribution in [0.3, 0.4) is 0 Å². The minimum atomic E-state index is -0.261. The van der Waals surface area contributed by atoms with E-state index in [4.69, 9.17) is 10.5 Å². The van der Waals surface area contributed by atoms with Crippen LogP contribution in [0.1, 0.15) is 40.5 Å². The van der Waals surface area contributed by atoms with E-state index < -0.39 is 0 Å². The summed E-state index contributed by atoms with van der Waals surface area (Å²) in [5, 5.41) is 0. The first-order valence-electron chi connectivity index (χ1n) is 6.48. The lowest BCUT2D eigenvalue weighted by Crippen LogP contribution is -2.31. The number of benzene rings is 1. The zero-order valence-electron chi connectivity index (χ0n) is 11.0. The number of carbonyl (C=O) groups is 2. The van der Waals surface area contributed by atoms with Gasteiger partial charge in [0, 0.05) is 25.4 Å². The van der Waals surface area contributed by atoms with Gasteiger partial charge in [0.2, 0.25) is 0 Å². The van der Waals surface area contributed by atoms with Gasteiger partial charge in [-0.15, -0.1) is 0 Å². The molecule has 0 bridgehead atoms. The Bertz CT molecular complexity index is 499. The normalized spacial score (nSPS) is 14.1. The Labute approximate surface area is 112 Å². The molecular formula is C14H18N2O3. The number of rotatable bonds is 6. The van der Waals surface area contributed by atoms with E-state index in [1.165, 1.54) is 4.90 Å². The molecule has 5 nitrogen and oxygen atoms in total. The molecule has 0 radical (unpaired) electrons. The Morgan fingerprint density at radius 3 is 2.63 bits per heavy atom. The fourth-order valence-electron chi connectivity index (χ4n) is 2.08. The van der Waals surface area contributed by atoms with E-state index in [1.807, 2.05) is 6.92 Å². The summed E-state index contributed by atoms with van der Waals surface area (Å²) in [6.45, 7) is 3.69. The first-order valence-corrected chi connectivity index (χ1v) is 6.48.